The lowest BCUT2D eigenvalue weighted by Gasteiger charge is -2.17. The van der Waals surface area contributed by atoms with Crippen LogP contribution in [0.25, 0.3) is 17.0 Å². The van der Waals surface area contributed by atoms with Gasteiger partial charge in [-0.1, -0.05) is 41.3 Å². The van der Waals surface area contributed by atoms with Crippen molar-refractivity contribution in [3.05, 3.63) is 46.1 Å². The van der Waals surface area contributed by atoms with Crippen molar-refractivity contribution in [2.75, 3.05) is 0 Å². The molecule has 1 aliphatic carbocycles. The van der Waals surface area contributed by atoms with Gasteiger partial charge in [0.05, 0.1) is 16.8 Å². The molecule has 0 unspecified atom stereocenters. The van der Waals surface area contributed by atoms with Gasteiger partial charge in [0.25, 0.3) is 0 Å². The number of carboxylic acid groups (broad SMARTS) is 1. The van der Waals surface area contributed by atoms with Gasteiger partial charge in [-0.2, -0.15) is 0 Å². The Labute approximate surface area is 138 Å². The van der Waals surface area contributed by atoms with Crippen molar-refractivity contribution in [1.82, 2.24) is 4.98 Å². The number of aromatic carboxylic acids is 1. The highest BCUT2D eigenvalue weighted by molar-refractivity contribution is 9.10. The van der Waals surface area contributed by atoms with Gasteiger partial charge in [-0.25, -0.2) is 9.78 Å². The van der Waals surface area contributed by atoms with Gasteiger partial charge in [0.15, 0.2) is 0 Å². The highest BCUT2D eigenvalue weighted by atomic mass is 79.9. The number of halogens is 1. The summed E-state index contributed by atoms with van der Waals surface area (Å²) < 4.78 is 0.856. The van der Waals surface area contributed by atoms with E-state index in [1.807, 2.05) is 18.2 Å². The predicted molar refractivity (Wildman–Crippen MR) is 92.0 cm³/mol. The number of hydrogen-bond acceptors (Lipinski definition) is 2. The fourth-order valence-corrected chi connectivity index (χ4v) is 3.40. The highest BCUT2D eigenvalue weighted by Crippen LogP contribution is 2.26. The molecule has 3 nitrogen and oxygen atoms in total. The Bertz CT molecular complexity index is 733. The molecule has 1 aromatic carbocycles. The molecule has 0 bridgehead atoms. The Morgan fingerprint density at radius 2 is 2.00 bits per heavy atom. The van der Waals surface area contributed by atoms with E-state index < -0.39 is 5.97 Å². The van der Waals surface area contributed by atoms with E-state index in [1.54, 1.807) is 12.1 Å². The summed E-state index contributed by atoms with van der Waals surface area (Å²) in [6.45, 7) is 0. The number of pyridine rings is 1. The molecule has 1 heterocycles. The second-order valence-corrected chi connectivity index (χ2v) is 6.73. The van der Waals surface area contributed by atoms with E-state index in [-0.39, 0.29) is 0 Å². The smallest absolute Gasteiger partial charge is 0.336 e. The van der Waals surface area contributed by atoms with Crippen LogP contribution in [-0.2, 0) is 0 Å². The lowest BCUT2D eigenvalue weighted by Crippen LogP contribution is -2.03. The predicted octanol–water partition coefficient (Wildman–Crippen LogP) is 5.29. The van der Waals surface area contributed by atoms with E-state index in [9.17, 15) is 9.90 Å². The van der Waals surface area contributed by atoms with Crippen molar-refractivity contribution >= 4 is 38.9 Å². The molecule has 0 aliphatic heterocycles. The van der Waals surface area contributed by atoms with Crippen molar-refractivity contribution in [1.29, 1.82) is 0 Å². The Hall–Kier alpha value is -1.68. The molecule has 1 aromatic heterocycles. The molecule has 0 atom stereocenters. The second-order valence-electron chi connectivity index (χ2n) is 5.82. The number of allylic oxidation sites excluding steroid dienone is 1. The van der Waals surface area contributed by atoms with Gasteiger partial charge in [0, 0.05) is 9.86 Å². The molecule has 1 saturated carbocycles. The Morgan fingerprint density at radius 3 is 2.73 bits per heavy atom. The fraction of sp³-hybridized carbons (Fsp3) is 0.333. The van der Waals surface area contributed by atoms with Gasteiger partial charge in [0.2, 0.25) is 0 Å². The van der Waals surface area contributed by atoms with Crippen molar-refractivity contribution in [3.8, 4) is 0 Å². The first kappa shape index (κ1) is 15.2. The van der Waals surface area contributed by atoms with E-state index >= 15 is 0 Å². The lowest BCUT2D eigenvalue weighted by atomic mass is 9.89. The van der Waals surface area contributed by atoms with Gasteiger partial charge < -0.3 is 5.11 Å². The number of nitrogens with zero attached hydrogens (tertiary/aromatic N) is 1. The van der Waals surface area contributed by atoms with Crippen molar-refractivity contribution in [3.63, 3.8) is 0 Å². The summed E-state index contributed by atoms with van der Waals surface area (Å²) in [4.78, 5) is 16.1. The molecule has 0 radical (unpaired) electrons. The van der Waals surface area contributed by atoms with E-state index in [0.717, 1.165) is 10.2 Å². The van der Waals surface area contributed by atoms with Crippen LogP contribution in [0.4, 0.5) is 0 Å². The number of rotatable bonds is 3. The summed E-state index contributed by atoms with van der Waals surface area (Å²) in [6, 6.07) is 7.20. The first-order valence-corrected chi connectivity index (χ1v) is 8.44. The average Bonchev–Trinajstić information content (AvgIpc) is 2.53. The minimum absolute atomic E-state index is 0.301. The minimum atomic E-state index is -0.919. The number of hydrogen-bond donors (Lipinski definition) is 1. The van der Waals surface area contributed by atoms with Crippen LogP contribution in [0.5, 0.6) is 0 Å². The molecule has 114 valence electrons. The van der Waals surface area contributed by atoms with Gasteiger partial charge in [0.1, 0.15) is 0 Å². The average molecular weight is 360 g/mol. The second kappa shape index (κ2) is 6.61. The van der Waals surface area contributed by atoms with E-state index in [4.69, 9.17) is 0 Å². The summed E-state index contributed by atoms with van der Waals surface area (Å²) in [5.74, 6) is -0.317. The highest BCUT2D eigenvalue weighted by Gasteiger charge is 2.13. The van der Waals surface area contributed by atoms with Crippen LogP contribution in [0, 0.1) is 5.92 Å². The molecule has 1 fully saturated rings. The van der Waals surface area contributed by atoms with E-state index in [0.29, 0.717) is 22.4 Å². The minimum Gasteiger partial charge on any atom is -0.478 e. The van der Waals surface area contributed by atoms with Crippen LogP contribution >= 0.6 is 15.9 Å². The molecule has 2 aromatic rings. The van der Waals surface area contributed by atoms with Crippen LogP contribution in [-0.4, -0.2) is 16.1 Å². The van der Waals surface area contributed by atoms with Gasteiger partial charge in [-0.15, -0.1) is 0 Å². The zero-order valence-electron chi connectivity index (χ0n) is 12.3. The molecular formula is C18H18BrNO2. The van der Waals surface area contributed by atoms with Crippen LogP contribution in [0.1, 0.15) is 48.2 Å². The van der Waals surface area contributed by atoms with Crippen molar-refractivity contribution < 1.29 is 9.90 Å². The van der Waals surface area contributed by atoms with Crippen molar-refractivity contribution in [2.24, 2.45) is 5.92 Å². The first-order chi connectivity index (χ1) is 10.6. The topological polar surface area (TPSA) is 50.2 Å². The first-order valence-electron chi connectivity index (χ1n) is 7.65. The normalized spacial score (nSPS) is 16.4. The van der Waals surface area contributed by atoms with Gasteiger partial charge >= 0.3 is 5.97 Å². The largest absolute Gasteiger partial charge is 0.478 e. The zero-order chi connectivity index (χ0) is 15.5. The maximum atomic E-state index is 11.5. The summed E-state index contributed by atoms with van der Waals surface area (Å²) >= 11 is 3.38. The Kier molecular flexibility index (Phi) is 4.57. The summed E-state index contributed by atoms with van der Waals surface area (Å²) in [5, 5.41) is 10.1. The third-order valence-corrected chi connectivity index (χ3v) is 4.70. The quantitative estimate of drug-likeness (QED) is 0.809. The molecule has 1 N–H and O–H groups in total. The molecule has 3 rings (SSSR count). The third kappa shape index (κ3) is 3.38. The maximum absolute atomic E-state index is 11.5. The third-order valence-electron chi connectivity index (χ3n) is 4.21. The molecular weight excluding hydrogens is 342 g/mol. The molecule has 0 saturated heterocycles. The fourth-order valence-electron chi connectivity index (χ4n) is 3.04. The lowest BCUT2D eigenvalue weighted by molar-refractivity contribution is 0.0699. The number of benzene rings is 1. The number of carbonyl (C=O) groups is 1. The number of aromatic nitrogens is 1. The Balaban J connectivity index is 1.98. The molecule has 0 spiro atoms. The number of fused-ring (bicyclic) bond motifs is 1. The zero-order valence-corrected chi connectivity index (χ0v) is 13.8. The molecule has 0 amide bonds. The summed E-state index contributed by atoms with van der Waals surface area (Å²) in [5.41, 5.74) is 1.73. The summed E-state index contributed by atoms with van der Waals surface area (Å²) in [6.07, 6.45) is 10.5. The van der Waals surface area contributed by atoms with Crippen LogP contribution in [0.3, 0.4) is 0 Å². The molecule has 4 heteroatoms. The maximum Gasteiger partial charge on any atom is 0.336 e. The Morgan fingerprint density at radius 1 is 1.23 bits per heavy atom. The molecule has 1 aliphatic rings. The van der Waals surface area contributed by atoms with E-state index in [2.05, 4.69) is 27.0 Å². The van der Waals surface area contributed by atoms with Gasteiger partial charge in [-0.05, 0) is 49.1 Å². The van der Waals surface area contributed by atoms with Crippen molar-refractivity contribution in [2.45, 2.75) is 32.1 Å². The van der Waals surface area contributed by atoms with Crippen LogP contribution in [0.2, 0.25) is 0 Å². The van der Waals surface area contributed by atoms with Crippen LogP contribution in [0.15, 0.2) is 34.8 Å². The SMILES string of the molecule is O=C(O)c1cc(C=CC2CCCCC2)nc2ccc(Br)cc12. The summed E-state index contributed by atoms with van der Waals surface area (Å²) in [7, 11) is 0. The monoisotopic (exact) mass is 359 g/mol. The van der Waals surface area contributed by atoms with Crippen LogP contribution < -0.4 is 0 Å². The standard InChI is InChI=1S/C18H18BrNO2/c19-13-7-9-17-15(10-13)16(18(21)22)11-14(20-17)8-6-12-4-2-1-3-5-12/h6-12H,1-5H2,(H,21,22). The van der Waals surface area contributed by atoms with Gasteiger partial charge in [-0.3, -0.25) is 0 Å². The van der Waals surface area contributed by atoms with E-state index in [1.165, 1.54) is 32.1 Å². The number of carboxylic acids is 1. The molecule has 22 heavy (non-hydrogen) atoms.